The first-order valence-corrected chi connectivity index (χ1v) is 13.1. The largest absolute Gasteiger partial charge is 0.465 e. The van der Waals surface area contributed by atoms with Crippen molar-refractivity contribution in [2.24, 2.45) is 5.41 Å². The van der Waals surface area contributed by atoms with Crippen molar-refractivity contribution >= 4 is 44.7 Å². The highest BCUT2D eigenvalue weighted by atomic mass is 16.5. The highest BCUT2D eigenvalue weighted by molar-refractivity contribution is 6.13. The van der Waals surface area contributed by atoms with Crippen molar-refractivity contribution in [2.45, 2.75) is 53.1 Å². The maximum atomic E-state index is 13.9. The summed E-state index contributed by atoms with van der Waals surface area (Å²) in [4.78, 5) is 26.4. The number of Topliss-reactive ketones (excluding diaryl/α,β-unsaturated/α-hetero) is 1. The van der Waals surface area contributed by atoms with Crippen LogP contribution in [0.4, 0.5) is 5.69 Å². The lowest BCUT2D eigenvalue weighted by molar-refractivity contribution is -0.143. The van der Waals surface area contributed by atoms with Gasteiger partial charge in [0, 0.05) is 45.4 Å². The topological polar surface area (TPSA) is 60.3 Å². The molecule has 0 unspecified atom stereocenters. The number of fused-ring (bicyclic) bond motifs is 5. The number of nitrogens with one attached hydrogen (secondary N) is 1. The minimum absolute atomic E-state index is 0.112. The molecule has 0 bridgehead atoms. The number of anilines is 1. The van der Waals surface area contributed by atoms with Crippen LogP contribution in [0.3, 0.4) is 0 Å². The Morgan fingerprint density at radius 1 is 1.03 bits per heavy atom. The second-order valence-corrected chi connectivity index (χ2v) is 11.0. The molecule has 0 amide bonds. The lowest BCUT2D eigenvalue weighted by Gasteiger charge is -2.40. The number of carbonyl (C=O) groups is 2. The molecular weight excluding hydrogens is 460 g/mol. The lowest BCUT2D eigenvalue weighted by atomic mass is 9.67. The molecule has 6 rings (SSSR count). The lowest BCUT2D eigenvalue weighted by Crippen LogP contribution is -2.33. The summed E-state index contributed by atoms with van der Waals surface area (Å²) in [7, 11) is 0. The van der Waals surface area contributed by atoms with Gasteiger partial charge in [0.25, 0.3) is 0 Å². The monoisotopic (exact) mass is 492 g/mol. The number of ether oxygens (including phenoxy) is 1. The number of esters is 1. The molecule has 37 heavy (non-hydrogen) atoms. The van der Waals surface area contributed by atoms with E-state index in [-0.39, 0.29) is 29.8 Å². The predicted molar refractivity (Wildman–Crippen MR) is 149 cm³/mol. The molecule has 1 aliphatic carbocycles. The molecule has 2 heterocycles. The van der Waals surface area contributed by atoms with Crippen LogP contribution in [-0.2, 0) is 20.9 Å². The molecule has 1 N–H and O–H groups in total. The van der Waals surface area contributed by atoms with Gasteiger partial charge in [-0.15, -0.1) is 0 Å². The average molecular weight is 493 g/mol. The average Bonchev–Trinajstić information content (AvgIpc) is 3.13. The van der Waals surface area contributed by atoms with E-state index in [1.807, 2.05) is 36.6 Å². The number of allylic oxidation sites excluding steroid dienone is 1. The number of carbonyl (C=O) groups excluding carboxylic acids is 2. The fourth-order valence-corrected chi connectivity index (χ4v) is 6.42. The number of hydrogen-bond acceptors (Lipinski definition) is 4. The van der Waals surface area contributed by atoms with E-state index in [9.17, 15) is 9.59 Å². The van der Waals surface area contributed by atoms with E-state index in [1.165, 1.54) is 10.8 Å². The fraction of sp³-hybridized carbons (Fsp3) is 0.312. The normalized spacial score (nSPS) is 18.5. The number of ketones is 1. The Hall–Kier alpha value is -3.86. The van der Waals surface area contributed by atoms with Crippen LogP contribution in [0.1, 0.15) is 56.5 Å². The minimum Gasteiger partial charge on any atom is -0.465 e. The second-order valence-electron chi connectivity index (χ2n) is 11.0. The zero-order valence-corrected chi connectivity index (χ0v) is 21.9. The van der Waals surface area contributed by atoms with Gasteiger partial charge in [-0.1, -0.05) is 62.4 Å². The van der Waals surface area contributed by atoms with E-state index < -0.39 is 0 Å². The number of aromatic nitrogens is 1. The molecule has 0 saturated carbocycles. The number of rotatable bonds is 4. The predicted octanol–water partition coefficient (Wildman–Crippen LogP) is 6.98. The molecule has 188 valence electrons. The van der Waals surface area contributed by atoms with Crippen molar-refractivity contribution < 1.29 is 14.3 Å². The quantitative estimate of drug-likeness (QED) is 0.312. The Bertz CT molecular complexity index is 1620. The van der Waals surface area contributed by atoms with Crippen LogP contribution in [0, 0.1) is 12.3 Å². The molecule has 3 aromatic carbocycles. The molecule has 1 atom stereocenters. The Morgan fingerprint density at radius 2 is 1.76 bits per heavy atom. The molecular formula is C32H32N2O3. The summed E-state index contributed by atoms with van der Waals surface area (Å²) in [5.41, 5.74) is 7.11. The molecule has 0 fully saturated rings. The fourth-order valence-electron chi connectivity index (χ4n) is 6.42. The maximum Gasteiger partial charge on any atom is 0.325 e. The van der Waals surface area contributed by atoms with Gasteiger partial charge in [0.05, 0.1) is 12.6 Å². The molecule has 0 saturated heterocycles. The van der Waals surface area contributed by atoms with Crippen LogP contribution in [0.15, 0.2) is 66.2 Å². The third kappa shape index (κ3) is 3.76. The first-order chi connectivity index (χ1) is 17.8. The molecule has 0 spiro atoms. The highest BCUT2D eigenvalue weighted by Crippen LogP contribution is 2.53. The highest BCUT2D eigenvalue weighted by Gasteiger charge is 2.42. The summed E-state index contributed by atoms with van der Waals surface area (Å²) < 4.78 is 7.30. The molecule has 1 aromatic heterocycles. The van der Waals surface area contributed by atoms with Crippen LogP contribution in [-0.4, -0.2) is 22.9 Å². The van der Waals surface area contributed by atoms with Gasteiger partial charge in [-0.3, -0.25) is 9.59 Å². The number of para-hydroxylation sites is 1. The van der Waals surface area contributed by atoms with Gasteiger partial charge < -0.3 is 14.6 Å². The van der Waals surface area contributed by atoms with Crippen LogP contribution < -0.4 is 5.32 Å². The van der Waals surface area contributed by atoms with Crippen molar-refractivity contribution in [3.63, 3.8) is 0 Å². The number of benzene rings is 3. The summed E-state index contributed by atoms with van der Waals surface area (Å²) >= 11 is 0. The molecule has 2 aliphatic rings. The van der Waals surface area contributed by atoms with E-state index in [4.69, 9.17) is 4.74 Å². The van der Waals surface area contributed by atoms with E-state index in [0.29, 0.717) is 13.0 Å². The number of nitrogens with zero attached hydrogens (tertiary/aromatic N) is 1. The Kier molecular flexibility index (Phi) is 5.48. The van der Waals surface area contributed by atoms with Gasteiger partial charge in [0.1, 0.15) is 6.54 Å². The summed E-state index contributed by atoms with van der Waals surface area (Å²) in [6, 6.07) is 20.6. The zero-order valence-electron chi connectivity index (χ0n) is 21.9. The summed E-state index contributed by atoms with van der Waals surface area (Å²) in [5, 5.41) is 7.17. The standard InChI is InChI=1S/C32H32N2O3/c1-5-37-27(36)18-34-19(2)28(22-12-8-9-13-25(22)34)31-30-23(16-32(3,4)17-26(30)35)29-21-11-7-6-10-20(21)14-15-24(29)33-31/h6-15,31,33H,5,16-18H2,1-4H3/t31-/m1/s1. The van der Waals surface area contributed by atoms with Gasteiger partial charge in [-0.05, 0) is 54.2 Å². The van der Waals surface area contributed by atoms with Crippen molar-refractivity contribution in [1.29, 1.82) is 0 Å². The first-order valence-electron chi connectivity index (χ1n) is 13.1. The van der Waals surface area contributed by atoms with E-state index in [1.54, 1.807) is 0 Å². The van der Waals surface area contributed by atoms with Crippen molar-refractivity contribution in [2.75, 3.05) is 11.9 Å². The smallest absolute Gasteiger partial charge is 0.325 e. The van der Waals surface area contributed by atoms with E-state index in [0.717, 1.165) is 51.0 Å². The maximum absolute atomic E-state index is 13.9. The Labute approximate surface area is 217 Å². The third-order valence-electron chi connectivity index (χ3n) is 7.90. The molecule has 0 radical (unpaired) electrons. The van der Waals surface area contributed by atoms with Gasteiger partial charge in [-0.25, -0.2) is 0 Å². The van der Waals surface area contributed by atoms with Crippen molar-refractivity contribution in [3.8, 4) is 0 Å². The van der Waals surface area contributed by atoms with Crippen molar-refractivity contribution in [1.82, 2.24) is 4.57 Å². The molecule has 5 heteroatoms. The van der Waals surface area contributed by atoms with Gasteiger partial charge in [-0.2, -0.15) is 0 Å². The van der Waals surface area contributed by atoms with Crippen LogP contribution in [0.2, 0.25) is 0 Å². The van der Waals surface area contributed by atoms with Crippen LogP contribution >= 0.6 is 0 Å². The Morgan fingerprint density at radius 3 is 2.54 bits per heavy atom. The summed E-state index contributed by atoms with van der Waals surface area (Å²) in [5.74, 6) is -0.0642. The Balaban J connectivity index is 1.61. The second kappa shape index (κ2) is 8.62. The number of hydrogen-bond donors (Lipinski definition) is 1. The molecule has 4 aromatic rings. The SMILES string of the molecule is CCOC(=O)Cn1c(C)c([C@H]2Nc3ccc4ccccc4c3C3=C2C(=O)CC(C)(C)C3)c2ccccc21. The van der Waals surface area contributed by atoms with Gasteiger partial charge in [0.2, 0.25) is 0 Å². The van der Waals surface area contributed by atoms with E-state index in [2.05, 4.69) is 61.6 Å². The zero-order chi connectivity index (χ0) is 25.9. The van der Waals surface area contributed by atoms with Crippen LogP contribution in [0.5, 0.6) is 0 Å². The summed E-state index contributed by atoms with van der Waals surface area (Å²) in [6.07, 6.45) is 1.36. The molecule has 5 nitrogen and oxygen atoms in total. The first kappa shape index (κ1) is 23.5. The van der Waals surface area contributed by atoms with Crippen molar-refractivity contribution in [3.05, 3.63) is 83.1 Å². The minimum atomic E-state index is -0.291. The summed E-state index contributed by atoms with van der Waals surface area (Å²) in [6.45, 7) is 8.73. The van der Waals surface area contributed by atoms with Gasteiger partial charge in [0.15, 0.2) is 5.78 Å². The van der Waals surface area contributed by atoms with Crippen LogP contribution in [0.25, 0.3) is 27.2 Å². The van der Waals surface area contributed by atoms with E-state index >= 15 is 0 Å². The van der Waals surface area contributed by atoms with Gasteiger partial charge >= 0.3 is 5.97 Å². The molecule has 1 aliphatic heterocycles. The third-order valence-corrected chi connectivity index (χ3v) is 7.90.